The van der Waals surface area contributed by atoms with Gasteiger partial charge >= 0.3 is 6.03 Å². The van der Waals surface area contributed by atoms with Gasteiger partial charge in [0.25, 0.3) is 5.91 Å². The number of urea groups is 1. The highest BCUT2D eigenvalue weighted by atomic mass is 16.2. The van der Waals surface area contributed by atoms with Gasteiger partial charge in [-0.05, 0) is 44.4 Å². The first-order valence-electron chi connectivity index (χ1n) is 9.57. The molecule has 3 rings (SSSR count). The molecular weight excluding hydrogens is 336 g/mol. The molecule has 3 N–H and O–H groups in total. The fraction of sp³-hybridized carbons (Fsp3) is 0.778. The van der Waals surface area contributed by atoms with Gasteiger partial charge in [-0.1, -0.05) is 13.3 Å². The van der Waals surface area contributed by atoms with E-state index < -0.39 is 11.6 Å². The Balaban J connectivity index is 1.58. The maximum absolute atomic E-state index is 12.9. The first-order chi connectivity index (χ1) is 12.4. The maximum atomic E-state index is 12.9. The van der Waals surface area contributed by atoms with Gasteiger partial charge in [0.1, 0.15) is 12.1 Å². The Labute approximate surface area is 153 Å². The van der Waals surface area contributed by atoms with Gasteiger partial charge in [0.2, 0.25) is 11.8 Å². The minimum atomic E-state index is -0.817. The summed E-state index contributed by atoms with van der Waals surface area (Å²) in [5, 5.41) is 2.85. The lowest BCUT2D eigenvalue weighted by Crippen LogP contribution is -2.50. The summed E-state index contributed by atoms with van der Waals surface area (Å²) in [6.07, 6.45) is 5.28. The summed E-state index contributed by atoms with van der Waals surface area (Å²) in [5.41, 5.74) is 4.49. The minimum absolute atomic E-state index is 0.201. The molecule has 0 aromatic heterocycles. The van der Waals surface area contributed by atoms with E-state index >= 15 is 0 Å². The van der Waals surface area contributed by atoms with Gasteiger partial charge in [0.15, 0.2) is 0 Å². The highest BCUT2D eigenvalue weighted by molar-refractivity contribution is 6.09. The molecule has 2 heterocycles. The molecule has 1 spiro atoms. The number of carbonyl (C=O) groups excluding carboxylic acids is 4. The topological polar surface area (TPSA) is 113 Å². The number of nitrogens with zero attached hydrogens (tertiary/aromatic N) is 2. The molecular formula is C18H28N4O4. The molecule has 0 aromatic carbocycles. The van der Waals surface area contributed by atoms with Crippen LogP contribution in [0.4, 0.5) is 4.79 Å². The number of piperidine rings is 1. The normalized spacial score (nSPS) is 30.0. The number of nitrogens with two attached hydrogens (primary N) is 1. The van der Waals surface area contributed by atoms with E-state index in [4.69, 9.17) is 5.73 Å². The molecule has 0 unspecified atom stereocenters. The Morgan fingerprint density at radius 2 is 1.77 bits per heavy atom. The van der Waals surface area contributed by atoms with Crippen molar-refractivity contribution in [2.75, 3.05) is 19.6 Å². The Morgan fingerprint density at radius 1 is 1.15 bits per heavy atom. The molecule has 1 saturated carbocycles. The Bertz CT molecular complexity index is 604. The lowest BCUT2D eigenvalue weighted by molar-refractivity contribution is -0.141. The van der Waals surface area contributed by atoms with E-state index in [0.29, 0.717) is 44.7 Å². The van der Waals surface area contributed by atoms with Gasteiger partial charge < -0.3 is 16.0 Å². The van der Waals surface area contributed by atoms with Gasteiger partial charge in [-0.2, -0.15) is 0 Å². The summed E-state index contributed by atoms with van der Waals surface area (Å²) in [6.45, 7) is 2.77. The van der Waals surface area contributed by atoms with E-state index in [-0.39, 0.29) is 30.2 Å². The summed E-state index contributed by atoms with van der Waals surface area (Å²) in [7, 11) is 0. The first kappa shape index (κ1) is 18.7. The van der Waals surface area contributed by atoms with Gasteiger partial charge in [-0.15, -0.1) is 0 Å². The van der Waals surface area contributed by atoms with Gasteiger partial charge in [-0.3, -0.25) is 19.3 Å². The molecule has 2 saturated heterocycles. The number of likely N-dealkylation sites (tertiary alicyclic amines) is 1. The van der Waals surface area contributed by atoms with Crippen molar-refractivity contribution in [1.29, 1.82) is 0 Å². The van der Waals surface area contributed by atoms with E-state index in [0.717, 1.165) is 24.2 Å². The van der Waals surface area contributed by atoms with E-state index in [9.17, 15) is 19.2 Å². The summed E-state index contributed by atoms with van der Waals surface area (Å²) >= 11 is 0. The molecule has 1 aliphatic carbocycles. The molecule has 0 aromatic rings. The number of primary amides is 1. The van der Waals surface area contributed by atoms with Crippen molar-refractivity contribution < 1.29 is 19.2 Å². The van der Waals surface area contributed by atoms with Crippen LogP contribution in [0.25, 0.3) is 0 Å². The van der Waals surface area contributed by atoms with Crippen LogP contribution in [-0.4, -0.2) is 58.7 Å². The Hall–Kier alpha value is -2.12. The second-order valence-electron chi connectivity index (χ2n) is 7.81. The number of rotatable bonds is 4. The second-order valence-corrected chi connectivity index (χ2v) is 7.81. The third-order valence-corrected chi connectivity index (χ3v) is 6.33. The van der Waals surface area contributed by atoms with Crippen molar-refractivity contribution in [2.24, 2.45) is 17.6 Å². The van der Waals surface area contributed by atoms with Crippen LogP contribution in [0.3, 0.4) is 0 Å². The van der Waals surface area contributed by atoms with Crippen LogP contribution < -0.4 is 11.1 Å². The molecule has 8 nitrogen and oxygen atoms in total. The highest BCUT2D eigenvalue weighted by Crippen LogP contribution is 2.37. The van der Waals surface area contributed by atoms with Crippen LogP contribution in [0.5, 0.6) is 0 Å². The average Bonchev–Trinajstić information content (AvgIpc) is 2.86. The molecule has 26 heavy (non-hydrogen) atoms. The highest BCUT2D eigenvalue weighted by Gasteiger charge is 2.52. The predicted octanol–water partition coefficient (Wildman–Crippen LogP) is 0.601. The SMILES string of the molecule is CCC1CCC2(CC1)NC(=O)N(CC(=O)N1CCC(C(N)=O)CC1)C2=O. The third kappa shape index (κ3) is 3.41. The second kappa shape index (κ2) is 7.25. The molecule has 5 amide bonds. The van der Waals surface area contributed by atoms with Crippen LogP contribution in [0, 0.1) is 11.8 Å². The van der Waals surface area contributed by atoms with Gasteiger partial charge in [0, 0.05) is 19.0 Å². The largest absolute Gasteiger partial charge is 0.369 e. The molecule has 3 aliphatic rings. The van der Waals surface area contributed by atoms with Crippen LogP contribution in [0.2, 0.25) is 0 Å². The zero-order valence-electron chi connectivity index (χ0n) is 15.3. The number of carbonyl (C=O) groups is 4. The number of imide groups is 1. The quantitative estimate of drug-likeness (QED) is 0.711. The van der Waals surface area contributed by atoms with Crippen LogP contribution in [0.15, 0.2) is 0 Å². The van der Waals surface area contributed by atoms with Crippen molar-refractivity contribution in [2.45, 2.75) is 57.4 Å². The average molecular weight is 364 g/mol. The number of nitrogens with one attached hydrogen (secondary N) is 1. The Morgan fingerprint density at radius 3 is 2.31 bits per heavy atom. The zero-order valence-corrected chi connectivity index (χ0v) is 15.3. The van der Waals surface area contributed by atoms with Crippen molar-refractivity contribution in [3.8, 4) is 0 Å². The first-order valence-corrected chi connectivity index (χ1v) is 9.57. The molecule has 2 aliphatic heterocycles. The van der Waals surface area contributed by atoms with Crippen LogP contribution in [-0.2, 0) is 14.4 Å². The fourth-order valence-electron chi connectivity index (χ4n) is 4.39. The summed E-state index contributed by atoms with van der Waals surface area (Å²) in [5.74, 6) is -0.454. The van der Waals surface area contributed by atoms with Crippen molar-refractivity contribution in [3.63, 3.8) is 0 Å². The lowest BCUT2D eigenvalue weighted by atomic mass is 9.75. The summed E-state index contributed by atoms with van der Waals surface area (Å²) in [4.78, 5) is 51.6. The van der Waals surface area contributed by atoms with Gasteiger partial charge in [0.05, 0.1) is 0 Å². The fourth-order valence-corrected chi connectivity index (χ4v) is 4.39. The van der Waals surface area contributed by atoms with Gasteiger partial charge in [-0.25, -0.2) is 4.79 Å². The van der Waals surface area contributed by atoms with E-state index in [1.165, 1.54) is 0 Å². The van der Waals surface area contributed by atoms with E-state index in [2.05, 4.69) is 12.2 Å². The predicted molar refractivity (Wildman–Crippen MR) is 93.7 cm³/mol. The summed E-state index contributed by atoms with van der Waals surface area (Å²) in [6, 6.07) is -0.467. The van der Waals surface area contributed by atoms with Crippen molar-refractivity contribution >= 4 is 23.8 Å². The molecule has 3 fully saturated rings. The van der Waals surface area contributed by atoms with Crippen molar-refractivity contribution in [1.82, 2.24) is 15.1 Å². The monoisotopic (exact) mass is 364 g/mol. The molecule has 0 radical (unpaired) electrons. The summed E-state index contributed by atoms with van der Waals surface area (Å²) < 4.78 is 0. The Kier molecular flexibility index (Phi) is 5.20. The molecule has 144 valence electrons. The zero-order chi connectivity index (χ0) is 18.9. The smallest absolute Gasteiger partial charge is 0.325 e. The standard InChI is InChI=1S/C18H28N4O4/c1-2-12-3-7-18(8-4-12)16(25)22(17(26)20-18)11-14(23)21-9-5-13(6-10-21)15(19)24/h12-13H,2-11H2,1H3,(H2,19,24)(H,20,26). The minimum Gasteiger partial charge on any atom is -0.369 e. The molecule has 8 heteroatoms. The molecule has 0 bridgehead atoms. The van der Waals surface area contributed by atoms with Crippen LogP contribution in [0.1, 0.15) is 51.9 Å². The van der Waals surface area contributed by atoms with E-state index in [1.54, 1.807) is 4.90 Å². The van der Waals surface area contributed by atoms with Crippen molar-refractivity contribution in [3.05, 3.63) is 0 Å². The molecule has 0 atom stereocenters. The maximum Gasteiger partial charge on any atom is 0.325 e. The van der Waals surface area contributed by atoms with E-state index in [1.807, 2.05) is 0 Å². The van der Waals surface area contributed by atoms with Crippen LogP contribution >= 0.6 is 0 Å². The third-order valence-electron chi connectivity index (χ3n) is 6.33. The lowest BCUT2D eigenvalue weighted by Gasteiger charge is -2.35. The number of hydrogen-bond acceptors (Lipinski definition) is 4. The number of amides is 5. The number of hydrogen-bond donors (Lipinski definition) is 2.